The number of carbonyl (C=O) groups excluding carboxylic acids is 1. The van der Waals surface area contributed by atoms with Crippen LogP contribution in [0.3, 0.4) is 0 Å². The summed E-state index contributed by atoms with van der Waals surface area (Å²) in [7, 11) is 1.30. The SMILES string of the molecule is COC(=O)Nc1ccc(OCc2ncc(-c3ccc(F)cc3)o2)cc1. The fraction of sp³-hybridized carbons (Fsp3) is 0.111. The molecule has 25 heavy (non-hydrogen) atoms. The van der Waals surface area contributed by atoms with Gasteiger partial charge in [-0.2, -0.15) is 0 Å². The van der Waals surface area contributed by atoms with E-state index in [1.807, 2.05) is 0 Å². The highest BCUT2D eigenvalue weighted by atomic mass is 19.1. The minimum atomic E-state index is -0.540. The number of carbonyl (C=O) groups is 1. The zero-order valence-corrected chi connectivity index (χ0v) is 13.4. The van der Waals surface area contributed by atoms with Crippen molar-refractivity contribution in [2.24, 2.45) is 0 Å². The van der Waals surface area contributed by atoms with Crippen molar-refractivity contribution < 1.29 is 23.1 Å². The molecule has 0 aliphatic rings. The average Bonchev–Trinajstić information content (AvgIpc) is 3.10. The smallest absolute Gasteiger partial charge is 0.411 e. The summed E-state index contributed by atoms with van der Waals surface area (Å²) in [6, 6.07) is 12.7. The summed E-state index contributed by atoms with van der Waals surface area (Å²) in [5.41, 5.74) is 1.33. The zero-order valence-electron chi connectivity index (χ0n) is 13.4. The fourth-order valence-corrected chi connectivity index (χ4v) is 2.07. The number of halogens is 1. The Kier molecular flexibility index (Phi) is 4.94. The number of aromatic nitrogens is 1. The topological polar surface area (TPSA) is 73.6 Å². The first-order chi connectivity index (χ1) is 12.1. The Morgan fingerprint density at radius 3 is 2.56 bits per heavy atom. The van der Waals surface area contributed by atoms with E-state index in [1.54, 1.807) is 42.6 Å². The Morgan fingerprint density at radius 1 is 1.16 bits per heavy atom. The number of amides is 1. The fourth-order valence-electron chi connectivity index (χ4n) is 2.07. The van der Waals surface area contributed by atoms with Crippen LogP contribution in [0.25, 0.3) is 11.3 Å². The first-order valence-electron chi connectivity index (χ1n) is 7.42. The molecule has 1 heterocycles. The minimum Gasteiger partial charge on any atom is -0.484 e. The number of hydrogen-bond donors (Lipinski definition) is 1. The van der Waals surface area contributed by atoms with Crippen LogP contribution in [-0.2, 0) is 11.3 Å². The van der Waals surface area contributed by atoms with Crippen LogP contribution < -0.4 is 10.1 Å². The number of methoxy groups -OCH3 is 1. The van der Waals surface area contributed by atoms with Gasteiger partial charge in [-0.15, -0.1) is 0 Å². The van der Waals surface area contributed by atoms with E-state index in [1.165, 1.54) is 19.2 Å². The van der Waals surface area contributed by atoms with Crippen molar-refractivity contribution in [3.8, 4) is 17.1 Å². The van der Waals surface area contributed by atoms with Gasteiger partial charge >= 0.3 is 6.09 Å². The third-order valence-corrected chi connectivity index (χ3v) is 3.33. The molecular weight excluding hydrogens is 327 g/mol. The summed E-state index contributed by atoms with van der Waals surface area (Å²) in [5.74, 6) is 1.22. The normalized spacial score (nSPS) is 10.3. The van der Waals surface area contributed by atoms with E-state index in [0.29, 0.717) is 23.1 Å². The van der Waals surface area contributed by atoms with Crippen LogP contribution in [0.15, 0.2) is 59.1 Å². The van der Waals surface area contributed by atoms with Crippen molar-refractivity contribution in [2.75, 3.05) is 12.4 Å². The quantitative estimate of drug-likeness (QED) is 0.751. The zero-order chi connectivity index (χ0) is 17.6. The monoisotopic (exact) mass is 342 g/mol. The lowest BCUT2D eigenvalue weighted by Gasteiger charge is -2.06. The van der Waals surface area contributed by atoms with Crippen LogP contribution in [0.1, 0.15) is 5.89 Å². The second-order valence-electron chi connectivity index (χ2n) is 5.05. The molecule has 0 aliphatic carbocycles. The van der Waals surface area contributed by atoms with Gasteiger partial charge in [0.15, 0.2) is 12.4 Å². The van der Waals surface area contributed by atoms with E-state index in [0.717, 1.165) is 5.56 Å². The van der Waals surface area contributed by atoms with Gasteiger partial charge in [-0.3, -0.25) is 5.32 Å². The van der Waals surface area contributed by atoms with Gasteiger partial charge < -0.3 is 13.9 Å². The average molecular weight is 342 g/mol. The van der Waals surface area contributed by atoms with E-state index < -0.39 is 6.09 Å². The highest BCUT2D eigenvalue weighted by molar-refractivity contribution is 5.84. The maximum absolute atomic E-state index is 12.9. The van der Waals surface area contributed by atoms with Crippen molar-refractivity contribution in [1.82, 2.24) is 4.98 Å². The Balaban J connectivity index is 1.58. The summed E-state index contributed by atoms with van der Waals surface area (Å²) < 4.78 is 28.6. The van der Waals surface area contributed by atoms with Crippen LogP contribution in [0.5, 0.6) is 5.75 Å². The molecule has 0 bridgehead atoms. The Morgan fingerprint density at radius 2 is 1.88 bits per heavy atom. The van der Waals surface area contributed by atoms with Crippen LogP contribution >= 0.6 is 0 Å². The molecule has 0 unspecified atom stereocenters. The number of nitrogens with zero attached hydrogens (tertiary/aromatic N) is 1. The van der Waals surface area contributed by atoms with Crippen LogP contribution in [-0.4, -0.2) is 18.2 Å². The summed E-state index contributed by atoms with van der Waals surface area (Å²) in [6.07, 6.45) is 1.02. The molecule has 128 valence electrons. The number of oxazole rings is 1. The summed E-state index contributed by atoms with van der Waals surface area (Å²) in [4.78, 5) is 15.2. The van der Waals surface area contributed by atoms with Gasteiger partial charge in [0.1, 0.15) is 11.6 Å². The van der Waals surface area contributed by atoms with E-state index >= 15 is 0 Å². The van der Waals surface area contributed by atoms with Gasteiger partial charge in [0, 0.05) is 11.3 Å². The number of ether oxygens (including phenoxy) is 2. The maximum atomic E-state index is 12.9. The number of hydrogen-bond acceptors (Lipinski definition) is 5. The molecule has 2 aromatic carbocycles. The van der Waals surface area contributed by atoms with E-state index in [9.17, 15) is 9.18 Å². The lowest BCUT2D eigenvalue weighted by molar-refractivity contribution is 0.187. The van der Waals surface area contributed by atoms with Gasteiger partial charge in [-0.05, 0) is 48.5 Å². The number of rotatable bonds is 5. The molecule has 1 amide bonds. The van der Waals surface area contributed by atoms with Gasteiger partial charge in [-0.1, -0.05) is 0 Å². The predicted molar refractivity (Wildman–Crippen MR) is 88.7 cm³/mol. The highest BCUT2D eigenvalue weighted by Gasteiger charge is 2.08. The lowest BCUT2D eigenvalue weighted by atomic mass is 10.2. The second kappa shape index (κ2) is 7.48. The van der Waals surface area contributed by atoms with Crippen molar-refractivity contribution in [3.63, 3.8) is 0 Å². The standard InChI is InChI=1S/C18H15FN2O4/c1-23-18(22)21-14-6-8-15(9-7-14)24-11-17-20-10-16(25-17)12-2-4-13(19)5-3-12/h2-10H,11H2,1H3,(H,21,22). The lowest BCUT2D eigenvalue weighted by Crippen LogP contribution is -2.10. The molecule has 0 saturated carbocycles. The molecular formula is C18H15FN2O4. The number of benzene rings is 2. The Bertz CT molecular complexity index is 844. The highest BCUT2D eigenvalue weighted by Crippen LogP contribution is 2.22. The van der Waals surface area contributed by atoms with Crippen LogP contribution in [0.4, 0.5) is 14.9 Å². The van der Waals surface area contributed by atoms with Gasteiger partial charge in [0.25, 0.3) is 0 Å². The number of anilines is 1. The molecule has 0 atom stereocenters. The summed E-state index contributed by atoms with van der Waals surface area (Å²) in [6.45, 7) is 0.144. The predicted octanol–water partition coefficient (Wildman–Crippen LogP) is 4.24. The van der Waals surface area contributed by atoms with Crippen molar-refractivity contribution in [3.05, 3.63) is 66.4 Å². The molecule has 0 spiro atoms. The van der Waals surface area contributed by atoms with E-state index in [2.05, 4.69) is 15.0 Å². The van der Waals surface area contributed by atoms with E-state index in [-0.39, 0.29) is 12.4 Å². The third kappa shape index (κ3) is 4.35. The van der Waals surface area contributed by atoms with Gasteiger partial charge in [0.05, 0.1) is 13.3 Å². The molecule has 6 nitrogen and oxygen atoms in total. The summed E-state index contributed by atoms with van der Waals surface area (Å²) >= 11 is 0. The number of nitrogens with one attached hydrogen (secondary N) is 1. The van der Waals surface area contributed by atoms with Crippen molar-refractivity contribution in [2.45, 2.75) is 6.61 Å². The first kappa shape index (κ1) is 16.5. The Labute approximate surface area is 143 Å². The molecule has 1 N–H and O–H groups in total. The molecule has 0 fully saturated rings. The first-order valence-corrected chi connectivity index (χ1v) is 7.42. The van der Waals surface area contributed by atoms with Crippen molar-refractivity contribution in [1.29, 1.82) is 0 Å². The molecule has 0 radical (unpaired) electrons. The molecule has 7 heteroatoms. The van der Waals surface area contributed by atoms with Gasteiger partial charge in [0.2, 0.25) is 5.89 Å². The second-order valence-corrected chi connectivity index (χ2v) is 5.05. The molecule has 3 rings (SSSR count). The molecule has 0 aliphatic heterocycles. The van der Waals surface area contributed by atoms with Crippen molar-refractivity contribution >= 4 is 11.8 Å². The Hall–Kier alpha value is -3.35. The van der Waals surface area contributed by atoms with Crippen LogP contribution in [0.2, 0.25) is 0 Å². The third-order valence-electron chi connectivity index (χ3n) is 3.33. The van der Waals surface area contributed by atoms with E-state index in [4.69, 9.17) is 9.15 Å². The summed E-state index contributed by atoms with van der Waals surface area (Å²) in [5, 5.41) is 2.54. The molecule has 3 aromatic rings. The molecule has 0 saturated heterocycles. The van der Waals surface area contributed by atoms with Crippen LogP contribution in [0, 0.1) is 5.82 Å². The molecule has 1 aromatic heterocycles. The largest absolute Gasteiger partial charge is 0.484 e. The minimum absolute atomic E-state index is 0.144. The van der Waals surface area contributed by atoms with Gasteiger partial charge in [-0.25, -0.2) is 14.2 Å². The maximum Gasteiger partial charge on any atom is 0.411 e.